The molecule has 1 aromatic heterocycles. The van der Waals surface area contributed by atoms with E-state index in [0.717, 1.165) is 6.42 Å². The molecule has 0 bridgehead atoms. The molecule has 1 N–H and O–H groups in total. The monoisotopic (exact) mass is 328 g/mol. The molecule has 0 aromatic carbocycles. The molecule has 3 rings (SSSR count). The minimum atomic E-state index is -3.33. The van der Waals surface area contributed by atoms with E-state index in [1.165, 1.54) is 10.6 Å². The second-order valence-corrected chi connectivity index (χ2v) is 7.83. The molecule has 7 nitrogen and oxygen atoms in total. The zero-order valence-corrected chi connectivity index (χ0v) is 13.2. The third-order valence-corrected chi connectivity index (χ3v) is 5.62. The first kappa shape index (κ1) is 15.5. The molecule has 2 aliphatic rings. The Bertz CT molecular complexity index is 628. The lowest BCUT2D eigenvalue weighted by molar-refractivity contribution is -0.129. The van der Waals surface area contributed by atoms with Crippen molar-refractivity contribution in [1.82, 2.24) is 9.62 Å². The number of nitrogens with zero attached hydrogens (tertiary/aromatic N) is 1. The summed E-state index contributed by atoms with van der Waals surface area (Å²) in [5.74, 6) is 0.217. The van der Waals surface area contributed by atoms with Gasteiger partial charge in [0.05, 0.1) is 31.1 Å². The summed E-state index contributed by atoms with van der Waals surface area (Å²) in [5.41, 5.74) is 0. The first-order chi connectivity index (χ1) is 10.4. The Labute approximate surface area is 129 Å². The molecule has 2 aliphatic heterocycles. The maximum absolute atomic E-state index is 12.5. The van der Waals surface area contributed by atoms with Crippen LogP contribution in [0.2, 0.25) is 0 Å². The minimum absolute atomic E-state index is 0.0783. The lowest BCUT2D eigenvalue weighted by atomic mass is 9.83. The van der Waals surface area contributed by atoms with Gasteiger partial charge in [-0.25, -0.2) is 8.42 Å². The van der Waals surface area contributed by atoms with Crippen LogP contribution >= 0.6 is 0 Å². The summed E-state index contributed by atoms with van der Waals surface area (Å²) in [5, 5.41) is 2.83. The van der Waals surface area contributed by atoms with E-state index < -0.39 is 10.0 Å². The van der Waals surface area contributed by atoms with Gasteiger partial charge in [-0.2, -0.15) is 4.31 Å². The zero-order chi connectivity index (χ0) is 15.7. The first-order valence-electron chi connectivity index (χ1n) is 7.32. The third kappa shape index (κ3) is 3.18. The van der Waals surface area contributed by atoms with Gasteiger partial charge < -0.3 is 14.5 Å². The Balaban J connectivity index is 1.70. The van der Waals surface area contributed by atoms with Crippen LogP contribution in [0, 0.1) is 11.8 Å². The molecule has 1 aromatic rings. The van der Waals surface area contributed by atoms with Gasteiger partial charge in [0.25, 0.3) is 0 Å². The van der Waals surface area contributed by atoms with Crippen LogP contribution in [0.3, 0.4) is 0 Å². The highest BCUT2D eigenvalue weighted by Gasteiger charge is 2.45. The molecule has 0 radical (unpaired) electrons. The number of carbonyl (C=O) groups excluding carboxylic acids is 1. The maximum atomic E-state index is 12.5. The molecular formula is C14H20N2O5S. The Morgan fingerprint density at radius 3 is 2.95 bits per heavy atom. The summed E-state index contributed by atoms with van der Waals surface area (Å²) in [6.45, 7) is 1.44. The van der Waals surface area contributed by atoms with E-state index in [1.807, 2.05) is 0 Å². The quantitative estimate of drug-likeness (QED) is 0.852. The van der Waals surface area contributed by atoms with Gasteiger partial charge in [0.15, 0.2) is 0 Å². The van der Waals surface area contributed by atoms with E-state index in [2.05, 4.69) is 5.32 Å². The zero-order valence-electron chi connectivity index (χ0n) is 12.4. The van der Waals surface area contributed by atoms with Crippen molar-refractivity contribution in [1.29, 1.82) is 0 Å². The number of rotatable bonds is 4. The fourth-order valence-electron chi connectivity index (χ4n) is 3.21. The molecular weight excluding hydrogens is 308 g/mol. The van der Waals surface area contributed by atoms with E-state index in [9.17, 15) is 13.2 Å². The highest BCUT2D eigenvalue weighted by Crippen LogP contribution is 2.34. The van der Waals surface area contributed by atoms with Gasteiger partial charge in [0.1, 0.15) is 5.76 Å². The highest BCUT2D eigenvalue weighted by atomic mass is 32.2. The fourth-order valence-corrected chi connectivity index (χ4v) is 4.06. The van der Waals surface area contributed by atoms with Gasteiger partial charge in [-0.05, 0) is 18.6 Å². The van der Waals surface area contributed by atoms with Crippen molar-refractivity contribution in [2.75, 3.05) is 26.0 Å². The van der Waals surface area contributed by atoms with Crippen LogP contribution in [-0.2, 0) is 26.1 Å². The molecule has 3 heterocycles. The SMILES string of the molecule is CS(=O)(=O)N1C[C@@H]2OCC[C@@H]2[C@@H](C(=O)NCc2ccco2)C1. The van der Waals surface area contributed by atoms with E-state index in [1.54, 1.807) is 18.4 Å². The molecule has 122 valence electrons. The number of furan rings is 1. The first-order valence-corrected chi connectivity index (χ1v) is 9.17. The largest absolute Gasteiger partial charge is 0.467 e. The molecule has 0 aliphatic carbocycles. The highest BCUT2D eigenvalue weighted by molar-refractivity contribution is 7.88. The Morgan fingerprint density at radius 2 is 2.27 bits per heavy atom. The number of ether oxygens (including phenoxy) is 1. The summed E-state index contributed by atoms with van der Waals surface area (Å²) in [6.07, 6.45) is 3.32. The Hall–Kier alpha value is -1.38. The number of hydrogen-bond donors (Lipinski definition) is 1. The van der Waals surface area contributed by atoms with Gasteiger partial charge in [0, 0.05) is 25.6 Å². The average Bonchev–Trinajstić information content (AvgIpc) is 3.13. The van der Waals surface area contributed by atoms with E-state index >= 15 is 0 Å². The van der Waals surface area contributed by atoms with Crippen molar-refractivity contribution in [3.05, 3.63) is 24.2 Å². The van der Waals surface area contributed by atoms with Gasteiger partial charge in [-0.1, -0.05) is 0 Å². The Morgan fingerprint density at radius 1 is 1.45 bits per heavy atom. The summed E-state index contributed by atoms with van der Waals surface area (Å²) >= 11 is 0. The lowest BCUT2D eigenvalue weighted by Gasteiger charge is -2.37. The van der Waals surface area contributed by atoms with Crippen molar-refractivity contribution in [3.63, 3.8) is 0 Å². The number of carbonyl (C=O) groups is 1. The standard InChI is InChI=1S/C14H20N2O5S/c1-22(18,19)16-8-12(11-4-6-21-13(11)9-16)14(17)15-7-10-3-2-5-20-10/h2-3,5,11-13H,4,6-9H2,1H3,(H,15,17)/t11-,12+,13+/m1/s1. The third-order valence-electron chi connectivity index (χ3n) is 4.38. The van der Waals surface area contributed by atoms with E-state index in [4.69, 9.17) is 9.15 Å². The van der Waals surface area contributed by atoms with Crippen LogP contribution in [0.25, 0.3) is 0 Å². The number of nitrogens with one attached hydrogen (secondary N) is 1. The molecule has 2 saturated heterocycles. The van der Waals surface area contributed by atoms with Crippen LogP contribution in [0.4, 0.5) is 0 Å². The smallest absolute Gasteiger partial charge is 0.225 e. The number of amides is 1. The lowest BCUT2D eigenvalue weighted by Crippen LogP contribution is -2.53. The van der Waals surface area contributed by atoms with Crippen molar-refractivity contribution in [2.24, 2.45) is 11.8 Å². The molecule has 3 atom stereocenters. The van der Waals surface area contributed by atoms with Crippen molar-refractivity contribution in [2.45, 2.75) is 19.1 Å². The number of fused-ring (bicyclic) bond motifs is 1. The predicted molar refractivity (Wildman–Crippen MR) is 78.3 cm³/mol. The summed E-state index contributed by atoms with van der Waals surface area (Å²) in [4.78, 5) is 12.5. The second kappa shape index (κ2) is 6.02. The number of piperidine rings is 1. The van der Waals surface area contributed by atoms with Gasteiger partial charge in [-0.3, -0.25) is 4.79 Å². The Kier molecular flexibility index (Phi) is 4.24. The number of hydrogen-bond acceptors (Lipinski definition) is 5. The predicted octanol–water partition coefficient (Wildman–Crippen LogP) is 0.192. The summed E-state index contributed by atoms with van der Waals surface area (Å²) < 4.78 is 35.8. The van der Waals surface area contributed by atoms with Crippen molar-refractivity contribution < 1.29 is 22.4 Å². The fraction of sp³-hybridized carbons (Fsp3) is 0.643. The molecule has 0 saturated carbocycles. The van der Waals surface area contributed by atoms with Crippen LogP contribution < -0.4 is 5.32 Å². The van der Waals surface area contributed by atoms with Crippen LogP contribution in [0.1, 0.15) is 12.2 Å². The van der Waals surface area contributed by atoms with Crippen LogP contribution in [0.5, 0.6) is 0 Å². The van der Waals surface area contributed by atoms with Gasteiger partial charge in [0.2, 0.25) is 15.9 Å². The molecule has 1 amide bonds. The molecule has 0 spiro atoms. The molecule has 2 fully saturated rings. The van der Waals surface area contributed by atoms with Crippen LogP contribution in [0.15, 0.2) is 22.8 Å². The summed E-state index contributed by atoms with van der Waals surface area (Å²) in [7, 11) is -3.33. The normalized spacial score (nSPS) is 29.2. The maximum Gasteiger partial charge on any atom is 0.225 e. The average molecular weight is 328 g/mol. The number of sulfonamides is 1. The van der Waals surface area contributed by atoms with Crippen LogP contribution in [-0.4, -0.2) is 50.7 Å². The second-order valence-electron chi connectivity index (χ2n) is 5.85. The molecule has 0 unspecified atom stereocenters. The summed E-state index contributed by atoms with van der Waals surface area (Å²) in [6, 6.07) is 3.54. The topological polar surface area (TPSA) is 88.8 Å². The molecule has 22 heavy (non-hydrogen) atoms. The van der Waals surface area contributed by atoms with E-state index in [0.29, 0.717) is 25.5 Å². The molecule has 8 heteroatoms. The van der Waals surface area contributed by atoms with E-state index in [-0.39, 0.29) is 30.4 Å². The van der Waals surface area contributed by atoms with Gasteiger partial charge >= 0.3 is 0 Å². The van der Waals surface area contributed by atoms with Crippen molar-refractivity contribution in [3.8, 4) is 0 Å². The van der Waals surface area contributed by atoms with Crippen molar-refractivity contribution >= 4 is 15.9 Å². The minimum Gasteiger partial charge on any atom is -0.467 e. The van der Waals surface area contributed by atoms with Gasteiger partial charge in [-0.15, -0.1) is 0 Å².